The predicted octanol–water partition coefficient (Wildman–Crippen LogP) is 5.18. The first kappa shape index (κ1) is 16.8. The smallest absolute Gasteiger partial charge is 0.101 e. The summed E-state index contributed by atoms with van der Waals surface area (Å²) in [4.78, 5) is 9.01. The van der Waals surface area contributed by atoms with Gasteiger partial charge in [0.05, 0.1) is 0 Å². The van der Waals surface area contributed by atoms with Crippen LogP contribution in [0.2, 0.25) is 0 Å². The van der Waals surface area contributed by atoms with Gasteiger partial charge in [-0.15, -0.1) is 0 Å². The van der Waals surface area contributed by atoms with Crippen molar-refractivity contribution >= 4 is 23.0 Å². The molecule has 0 spiro atoms. The Morgan fingerprint density at radius 2 is 1.15 bits per heavy atom. The Morgan fingerprint density at radius 1 is 0.692 bits per heavy atom. The van der Waals surface area contributed by atoms with Crippen molar-refractivity contribution in [3.8, 4) is 11.1 Å². The molecule has 4 heteroatoms. The highest BCUT2D eigenvalue weighted by Gasteiger charge is 2.11. The minimum Gasteiger partial charge on any atom is -0.344 e. The third-order valence-corrected chi connectivity index (χ3v) is 5.09. The fraction of sp³-hybridized carbons (Fsp3) is 0.364. The van der Waals surface area contributed by atoms with Crippen molar-refractivity contribution in [1.29, 1.82) is 0 Å². The molecule has 26 heavy (non-hydrogen) atoms. The molecule has 134 valence electrons. The van der Waals surface area contributed by atoms with Crippen LogP contribution in [0.4, 0.5) is 11.4 Å². The monoisotopic (exact) mass is 346 g/mol. The molecule has 2 aliphatic heterocycles. The highest BCUT2D eigenvalue weighted by Crippen LogP contribution is 2.29. The summed E-state index contributed by atoms with van der Waals surface area (Å²) in [7, 11) is 0. The first-order valence-electron chi connectivity index (χ1n) is 9.51. The minimum absolute atomic E-state index is 0.950. The molecule has 0 fully saturated rings. The van der Waals surface area contributed by atoms with Crippen molar-refractivity contribution in [2.75, 3.05) is 23.7 Å². The van der Waals surface area contributed by atoms with Gasteiger partial charge in [-0.25, -0.2) is 0 Å². The van der Waals surface area contributed by atoms with Crippen LogP contribution in [0.1, 0.15) is 36.8 Å². The number of hydrogen-bond donors (Lipinski definition) is 2. The molecule has 2 aromatic rings. The van der Waals surface area contributed by atoms with Gasteiger partial charge in [0.15, 0.2) is 0 Å². The van der Waals surface area contributed by atoms with Crippen LogP contribution in [0.3, 0.4) is 0 Å². The van der Waals surface area contributed by atoms with E-state index in [9.17, 15) is 0 Å². The number of aliphatic imine (C=N–C) groups is 2. The summed E-state index contributed by atoms with van der Waals surface area (Å²) < 4.78 is 0. The Bertz CT molecular complexity index is 806. The zero-order valence-corrected chi connectivity index (χ0v) is 15.6. The van der Waals surface area contributed by atoms with Crippen molar-refractivity contribution in [3.63, 3.8) is 0 Å². The maximum atomic E-state index is 4.50. The average molecular weight is 346 g/mol. The Morgan fingerprint density at radius 3 is 1.50 bits per heavy atom. The van der Waals surface area contributed by atoms with E-state index in [4.69, 9.17) is 0 Å². The van der Waals surface area contributed by atoms with Gasteiger partial charge in [0, 0.05) is 37.3 Å². The van der Waals surface area contributed by atoms with Crippen molar-refractivity contribution in [2.45, 2.75) is 39.5 Å². The van der Waals surface area contributed by atoms with Crippen LogP contribution in [-0.4, -0.2) is 24.8 Å². The van der Waals surface area contributed by atoms with E-state index in [0.29, 0.717) is 0 Å². The molecule has 2 aliphatic rings. The zero-order chi connectivity index (χ0) is 17.9. The molecule has 0 aliphatic carbocycles. The Labute approximate surface area is 155 Å². The number of benzene rings is 2. The molecule has 0 aromatic heterocycles. The molecule has 4 nitrogen and oxygen atoms in total. The number of hydrogen-bond acceptors (Lipinski definition) is 4. The number of aryl methyl sites for hydroxylation is 2. The first-order valence-corrected chi connectivity index (χ1v) is 9.51. The molecule has 0 radical (unpaired) electrons. The Balaban J connectivity index is 1.53. The molecule has 0 unspecified atom stereocenters. The van der Waals surface area contributed by atoms with Gasteiger partial charge in [0.2, 0.25) is 0 Å². The highest BCUT2D eigenvalue weighted by molar-refractivity contribution is 5.98. The molecular formula is C22H26N4. The van der Waals surface area contributed by atoms with Crippen LogP contribution in [0, 0.1) is 13.8 Å². The van der Waals surface area contributed by atoms with E-state index < -0.39 is 0 Å². The number of anilines is 2. The standard InChI is InChI=1S/C22H26N4/c1-15-13-17(7-9-19(15)25-21-5-3-11-23-21)18-8-10-20(16(2)14-18)26-22-6-4-12-24-22/h7-10,13-14H,3-6,11-12H2,1-2H3,(H,23,25)(H,24,26). The normalized spacial score (nSPS) is 16.4. The summed E-state index contributed by atoms with van der Waals surface area (Å²) in [6.07, 6.45) is 4.43. The van der Waals surface area contributed by atoms with E-state index in [0.717, 1.165) is 61.8 Å². The summed E-state index contributed by atoms with van der Waals surface area (Å²) in [6, 6.07) is 13.2. The second-order valence-corrected chi connectivity index (χ2v) is 7.17. The maximum Gasteiger partial charge on any atom is 0.101 e. The van der Waals surface area contributed by atoms with E-state index in [2.05, 4.69) is 70.9 Å². The summed E-state index contributed by atoms with van der Waals surface area (Å²) in [6.45, 7) is 6.21. The molecule has 2 N–H and O–H groups in total. The highest BCUT2D eigenvalue weighted by atomic mass is 15.0. The quantitative estimate of drug-likeness (QED) is 0.804. The minimum atomic E-state index is 0.950. The lowest BCUT2D eigenvalue weighted by atomic mass is 10.00. The molecule has 0 saturated heterocycles. The predicted molar refractivity (Wildman–Crippen MR) is 112 cm³/mol. The van der Waals surface area contributed by atoms with Gasteiger partial charge in [0.25, 0.3) is 0 Å². The number of rotatable bonds is 3. The van der Waals surface area contributed by atoms with Crippen molar-refractivity contribution < 1.29 is 0 Å². The summed E-state index contributed by atoms with van der Waals surface area (Å²) >= 11 is 0. The van der Waals surface area contributed by atoms with Gasteiger partial charge in [-0.2, -0.15) is 0 Å². The first-order chi connectivity index (χ1) is 12.7. The van der Waals surface area contributed by atoms with Crippen molar-refractivity contribution in [3.05, 3.63) is 47.5 Å². The van der Waals surface area contributed by atoms with E-state index in [1.807, 2.05) is 0 Å². The van der Waals surface area contributed by atoms with Crippen LogP contribution < -0.4 is 10.6 Å². The molecule has 2 aromatic carbocycles. The topological polar surface area (TPSA) is 48.8 Å². The van der Waals surface area contributed by atoms with Gasteiger partial charge in [-0.05, 0) is 73.2 Å². The lowest BCUT2D eigenvalue weighted by molar-refractivity contribution is 0.951. The Hall–Kier alpha value is -2.62. The second-order valence-electron chi connectivity index (χ2n) is 7.17. The summed E-state index contributed by atoms with van der Waals surface area (Å²) in [5.74, 6) is 2.23. The van der Waals surface area contributed by atoms with Crippen molar-refractivity contribution in [2.24, 2.45) is 9.98 Å². The van der Waals surface area contributed by atoms with E-state index >= 15 is 0 Å². The summed E-state index contributed by atoms with van der Waals surface area (Å²) in [5, 5.41) is 6.95. The Kier molecular flexibility index (Phi) is 4.74. The van der Waals surface area contributed by atoms with Gasteiger partial charge in [-0.3, -0.25) is 9.98 Å². The molecule has 4 rings (SSSR count). The zero-order valence-electron chi connectivity index (χ0n) is 15.6. The molecule has 0 atom stereocenters. The van der Waals surface area contributed by atoms with Gasteiger partial charge >= 0.3 is 0 Å². The van der Waals surface area contributed by atoms with Gasteiger partial charge in [0.1, 0.15) is 11.7 Å². The third kappa shape index (κ3) is 3.64. The number of nitrogens with one attached hydrogen (secondary N) is 2. The van der Waals surface area contributed by atoms with Crippen LogP contribution >= 0.6 is 0 Å². The molecule has 0 amide bonds. The van der Waals surface area contributed by atoms with Crippen LogP contribution in [-0.2, 0) is 0 Å². The molecular weight excluding hydrogens is 320 g/mol. The van der Waals surface area contributed by atoms with E-state index in [1.165, 1.54) is 22.3 Å². The van der Waals surface area contributed by atoms with Crippen LogP contribution in [0.5, 0.6) is 0 Å². The average Bonchev–Trinajstić information content (AvgIpc) is 3.32. The van der Waals surface area contributed by atoms with Crippen LogP contribution in [0.15, 0.2) is 46.4 Å². The van der Waals surface area contributed by atoms with E-state index in [-0.39, 0.29) is 0 Å². The lowest BCUT2D eigenvalue weighted by Gasteiger charge is -2.13. The van der Waals surface area contributed by atoms with E-state index in [1.54, 1.807) is 0 Å². The maximum absolute atomic E-state index is 4.50. The van der Waals surface area contributed by atoms with Gasteiger partial charge in [-0.1, -0.05) is 12.1 Å². The largest absolute Gasteiger partial charge is 0.344 e. The third-order valence-electron chi connectivity index (χ3n) is 5.09. The summed E-state index contributed by atoms with van der Waals surface area (Å²) in [5.41, 5.74) is 7.30. The molecule has 0 bridgehead atoms. The number of amidine groups is 2. The molecule has 2 heterocycles. The van der Waals surface area contributed by atoms with Gasteiger partial charge < -0.3 is 10.6 Å². The fourth-order valence-electron chi connectivity index (χ4n) is 3.56. The number of nitrogens with zero attached hydrogens (tertiary/aromatic N) is 2. The lowest BCUT2D eigenvalue weighted by Crippen LogP contribution is -2.09. The second kappa shape index (κ2) is 7.32. The van der Waals surface area contributed by atoms with Crippen LogP contribution in [0.25, 0.3) is 11.1 Å². The molecule has 0 saturated carbocycles. The SMILES string of the molecule is Cc1cc(-c2ccc(NC3=NCCC3)c(C)c2)ccc1NC1=NCCC1. The fourth-order valence-corrected chi connectivity index (χ4v) is 3.56. The van der Waals surface area contributed by atoms with Crippen molar-refractivity contribution in [1.82, 2.24) is 0 Å².